The molecule has 0 unspecified atom stereocenters. The summed E-state index contributed by atoms with van der Waals surface area (Å²) < 4.78 is 21.9. The van der Waals surface area contributed by atoms with Gasteiger partial charge in [0.2, 0.25) is 0 Å². The summed E-state index contributed by atoms with van der Waals surface area (Å²) in [5.74, 6) is 0.883. The highest BCUT2D eigenvalue weighted by molar-refractivity contribution is 5.87. The van der Waals surface area contributed by atoms with Crippen molar-refractivity contribution in [3.8, 4) is 11.5 Å². The maximum Gasteiger partial charge on any atom is 0.333 e. The zero-order valence-corrected chi connectivity index (χ0v) is 22.8. The van der Waals surface area contributed by atoms with Gasteiger partial charge in [-0.05, 0) is 62.1 Å². The van der Waals surface area contributed by atoms with Crippen LogP contribution < -0.4 is 9.47 Å². The molecule has 204 valence electrons. The Bertz CT molecular complexity index is 996. The number of carbonyl (C=O) groups is 2. The molecule has 0 aromatic heterocycles. The van der Waals surface area contributed by atoms with Gasteiger partial charge in [-0.1, -0.05) is 56.7 Å². The molecule has 38 heavy (non-hydrogen) atoms. The molecule has 1 fully saturated rings. The van der Waals surface area contributed by atoms with E-state index in [2.05, 4.69) is 37.4 Å². The van der Waals surface area contributed by atoms with Gasteiger partial charge in [0, 0.05) is 29.4 Å². The van der Waals surface area contributed by atoms with Crippen molar-refractivity contribution in [1.82, 2.24) is 0 Å². The zero-order chi connectivity index (χ0) is 27.4. The normalized spacial score (nSPS) is 14.3. The summed E-state index contributed by atoms with van der Waals surface area (Å²) in [5, 5.41) is 0. The van der Waals surface area contributed by atoms with Crippen LogP contribution in [-0.2, 0) is 24.5 Å². The van der Waals surface area contributed by atoms with Crippen molar-refractivity contribution in [3.05, 3.63) is 84.0 Å². The maximum absolute atomic E-state index is 11.5. The fourth-order valence-corrected chi connectivity index (χ4v) is 4.71. The molecule has 1 saturated carbocycles. The molecule has 0 aliphatic heterocycles. The highest BCUT2D eigenvalue weighted by atomic mass is 16.5. The molecule has 0 heterocycles. The van der Waals surface area contributed by atoms with Crippen LogP contribution in [0.25, 0.3) is 0 Å². The minimum atomic E-state index is -0.367. The van der Waals surface area contributed by atoms with Crippen LogP contribution >= 0.6 is 0 Å². The van der Waals surface area contributed by atoms with E-state index >= 15 is 0 Å². The van der Waals surface area contributed by atoms with Gasteiger partial charge in [-0.3, -0.25) is 0 Å². The van der Waals surface area contributed by atoms with Crippen LogP contribution in [0.15, 0.2) is 72.8 Å². The average molecular weight is 521 g/mol. The summed E-state index contributed by atoms with van der Waals surface area (Å²) in [4.78, 5) is 22.9. The van der Waals surface area contributed by atoms with Crippen LogP contribution in [0, 0.1) is 0 Å². The predicted molar refractivity (Wildman–Crippen MR) is 149 cm³/mol. The Morgan fingerprint density at radius 1 is 0.658 bits per heavy atom. The first-order valence-electron chi connectivity index (χ1n) is 13.4. The van der Waals surface area contributed by atoms with E-state index in [4.69, 9.17) is 18.9 Å². The maximum atomic E-state index is 11.5. The number of ether oxygens (including phenoxy) is 4. The van der Waals surface area contributed by atoms with Gasteiger partial charge in [-0.15, -0.1) is 0 Å². The van der Waals surface area contributed by atoms with E-state index in [0.29, 0.717) is 50.4 Å². The minimum Gasteiger partial charge on any atom is -0.493 e. The Kier molecular flexibility index (Phi) is 11.0. The number of hydrogen-bond acceptors (Lipinski definition) is 6. The Hall–Kier alpha value is -3.54. The van der Waals surface area contributed by atoms with Crippen molar-refractivity contribution in [3.63, 3.8) is 0 Å². The fraction of sp³-hybridized carbons (Fsp3) is 0.438. The summed E-state index contributed by atoms with van der Waals surface area (Å²) in [6.07, 6.45) is 7.11. The second kappa shape index (κ2) is 14.4. The van der Waals surface area contributed by atoms with Gasteiger partial charge in [-0.2, -0.15) is 0 Å². The molecule has 0 bridgehead atoms. The van der Waals surface area contributed by atoms with Crippen molar-refractivity contribution in [2.24, 2.45) is 0 Å². The summed E-state index contributed by atoms with van der Waals surface area (Å²) >= 11 is 0. The third kappa shape index (κ3) is 8.23. The molecule has 0 amide bonds. The number of hydrogen-bond donors (Lipinski definition) is 0. The molecule has 6 heteroatoms. The van der Waals surface area contributed by atoms with Gasteiger partial charge in [0.25, 0.3) is 0 Å². The third-order valence-corrected chi connectivity index (χ3v) is 6.80. The first kappa shape index (κ1) is 29.0. The van der Waals surface area contributed by atoms with Crippen molar-refractivity contribution in [1.29, 1.82) is 0 Å². The second-order valence-corrected chi connectivity index (χ2v) is 9.93. The molecule has 0 atom stereocenters. The molecule has 3 rings (SSSR count). The van der Waals surface area contributed by atoms with Gasteiger partial charge in [0.05, 0.1) is 26.4 Å². The zero-order valence-electron chi connectivity index (χ0n) is 22.8. The number of carbonyl (C=O) groups excluding carboxylic acids is 2. The SMILES string of the molecule is C=C(C)C(=O)OCCCOc1ccc(C2(c3ccc(OCCCOC(=O)C(=C)C)cc3)CCCCC2)cc1. The fourth-order valence-electron chi connectivity index (χ4n) is 4.71. The van der Waals surface area contributed by atoms with E-state index in [9.17, 15) is 9.59 Å². The van der Waals surface area contributed by atoms with E-state index in [-0.39, 0.29) is 17.4 Å². The quantitative estimate of drug-likeness (QED) is 0.157. The van der Waals surface area contributed by atoms with Crippen molar-refractivity contribution in [2.45, 2.75) is 64.2 Å². The van der Waals surface area contributed by atoms with Crippen LogP contribution in [0.2, 0.25) is 0 Å². The topological polar surface area (TPSA) is 71.1 Å². The van der Waals surface area contributed by atoms with Gasteiger partial charge in [-0.25, -0.2) is 9.59 Å². The largest absolute Gasteiger partial charge is 0.493 e. The monoisotopic (exact) mass is 520 g/mol. The summed E-state index contributed by atoms with van der Waals surface area (Å²) in [5.41, 5.74) is 3.38. The molecule has 0 radical (unpaired) electrons. The van der Waals surface area contributed by atoms with E-state index in [0.717, 1.165) is 24.3 Å². The molecular formula is C32H40O6. The highest BCUT2D eigenvalue weighted by Crippen LogP contribution is 2.45. The predicted octanol–water partition coefficient (Wildman–Crippen LogP) is 6.71. The van der Waals surface area contributed by atoms with Crippen molar-refractivity contribution >= 4 is 11.9 Å². The third-order valence-electron chi connectivity index (χ3n) is 6.80. The van der Waals surface area contributed by atoms with E-state index in [1.54, 1.807) is 13.8 Å². The van der Waals surface area contributed by atoms with Crippen LogP contribution in [-0.4, -0.2) is 38.4 Å². The highest BCUT2D eigenvalue weighted by Gasteiger charge is 2.35. The van der Waals surface area contributed by atoms with Crippen LogP contribution in [0.1, 0.15) is 69.9 Å². The lowest BCUT2D eigenvalue weighted by Gasteiger charge is -2.38. The first-order valence-corrected chi connectivity index (χ1v) is 13.4. The standard InChI is InChI=1S/C32H40O6/c1-24(2)30(33)37-22-8-20-35-28-14-10-26(11-15-28)32(18-6-5-7-19-32)27-12-16-29(17-13-27)36-21-9-23-38-31(34)25(3)4/h10-17H,1,3,5-9,18-23H2,2,4H3. The lowest BCUT2D eigenvalue weighted by atomic mass is 9.65. The minimum absolute atomic E-state index is 0.0250. The number of esters is 2. The number of benzene rings is 2. The van der Waals surface area contributed by atoms with Crippen molar-refractivity contribution < 1.29 is 28.5 Å². The Labute approximate surface area is 226 Å². The van der Waals surface area contributed by atoms with E-state index in [1.807, 2.05) is 24.3 Å². The van der Waals surface area contributed by atoms with Gasteiger partial charge in [0.15, 0.2) is 0 Å². The summed E-state index contributed by atoms with van der Waals surface area (Å²) in [6.45, 7) is 12.0. The van der Waals surface area contributed by atoms with Crippen molar-refractivity contribution in [2.75, 3.05) is 26.4 Å². The molecule has 0 N–H and O–H groups in total. The molecule has 2 aromatic rings. The molecule has 1 aliphatic rings. The van der Waals surface area contributed by atoms with Gasteiger partial charge in [0.1, 0.15) is 11.5 Å². The Morgan fingerprint density at radius 3 is 1.42 bits per heavy atom. The van der Waals surface area contributed by atoms with Crippen LogP contribution in [0.3, 0.4) is 0 Å². The second-order valence-electron chi connectivity index (χ2n) is 9.93. The summed E-state index contributed by atoms with van der Waals surface area (Å²) in [7, 11) is 0. The first-order chi connectivity index (χ1) is 18.3. The Morgan fingerprint density at radius 2 is 1.05 bits per heavy atom. The molecular weight excluding hydrogens is 480 g/mol. The lowest BCUT2D eigenvalue weighted by Crippen LogP contribution is -2.30. The van der Waals surface area contributed by atoms with Gasteiger partial charge >= 0.3 is 11.9 Å². The van der Waals surface area contributed by atoms with Gasteiger partial charge < -0.3 is 18.9 Å². The molecule has 1 aliphatic carbocycles. The molecule has 6 nitrogen and oxygen atoms in total. The number of rotatable bonds is 14. The lowest BCUT2D eigenvalue weighted by molar-refractivity contribution is -0.140. The van der Waals surface area contributed by atoms with E-state index in [1.165, 1.54) is 30.4 Å². The molecule has 0 saturated heterocycles. The smallest absolute Gasteiger partial charge is 0.333 e. The molecule has 0 spiro atoms. The van der Waals surface area contributed by atoms with Crippen LogP contribution in [0.5, 0.6) is 11.5 Å². The van der Waals surface area contributed by atoms with Crippen LogP contribution in [0.4, 0.5) is 0 Å². The molecule has 2 aromatic carbocycles. The van der Waals surface area contributed by atoms with E-state index < -0.39 is 0 Å². The summed E-state index contributed by atoms with van der Waals surface area (Å²) in [6, 6.07) is 16.8. The Balaban J connectivity index is 1.56. The average Bonchev–Trinajstić information content (AvgIpc) is 2.93.